The molecule has 2 aromatic heterocycles. The van der Waals surface area contributed by atoms with Crippen molar-refractivity contribution in [3.8, 4) is 28.1 Å². The first kappa shape index (κ1) is 51.6. The molecule has 14 nitrogen and oxygen atoms in total. The van der Waals surface area contributed by atoms with E-state index < -0.39 is 57.3 Å². The lowest BCUT2D eigenvalue weighted by molar-refractivity contribution is -0.155. The van der Waals surface area contributed by atoms with Gasteiger partial charge >= 0.3 is 5.97 Å². The van der Waals surface area contributed by atoms with Gasteiger partial charge in [0.25, 0.3) is 5.91 Å². The van der Waals surface area contributed by atoms with Gasteiger partial charge in [-0.3, -0.25) is 24.4 Å². The Hall–Kier alpha value is -3.78. The van der Waals surface area contributed by atoms with Gasteiger partial charge in [-0.05, 0) is 90.3 Å². The van der Waals surface area contributed by atoms with Crippen LogP contribution in [0.3, 0.4) is 0 Å². The number of pyridine rings is 1. The molecule has 0 unspecified atom stereocenters. The zero-order valence-electron chi connectivity index (χ0n) is 36.2. The van der Waals surface area contributed by atoms with Crippen LogP contribution in [-0.4, -0.2) is 102 Å². The number of methoxy groups -OCH3 is 1. The van der Waals surface area contributed by atoms with Crippen LogP contribution >= 0.6 is 40.5 Å². The lowest BCUT2D eigenvalue weighted by Crippen LogP contribution is -2.62. The normalized spacial score (nSPS) is 18.6. The average Bonchev–Trinajstić information content (AvgIpc) is 3.47. The van der Waals surface area contributed by atoms with Crippen LogP contribution in [0.1, 0.15) is 64.2 Å². The first-order chi connectivity index (χ1) is 27.4. The molecular formula is C43H62N6O8S4. The number of aromatic hydroxyl groups is 1. The molecule has 4 heterocycles. The van der Waals surface area contributed by atoms with Gasteiger partial charge in [-0.2, -0.15) is 44.8 Å². The lowest BCUT2D eigenvalue weighted by atomic mass is 9.84. The zero-order valence-corrected chi connectivity index (χ0v) is 40.0. The van der Waals surface area contributed by atoms with Crippen molar-refractivity contribution in [1.82, 2.24) is 29.6 Å². The van der Waals surface area contributed by atoms with Crippen molar-refractivity contribution in [3.63, 3.8) is 0 Å². The fraction of sp³-hybridized carbons (Fsp3) is 0.488. The summed E-state index contributed by atoms with van der Waals surface area (Å²) in [6, 6.07) is 10.1. The van der Waals surface area contributed by atoms with Gasteiger partial charge in [0.1, 0.15) is 23.9 Å². The Morgan fingerprint density at radius 2 is 1.84 bits per heavy atom. The number of aryl methyl sites for hydroxylation is 1. The summed E-state index contributed by atoms with van der Waals surface area (Å²) in [6.45, 7) is 11.1. The number of carbonyl (C=O) groups excluding carboxylic acids is 3. The number of carbonyl (C=O) groups is 3. The lowest BCUT2D eigenvalue weighted by Gasteiger charge is -2.36. The summed E-state index contributed by atoms with van der Waals surface area (Å²) in [4.78, 5) is 46.6. The molecule has 0 radical (unpaired) electrons. The second kappa shape index (κ2) is 21.1. The molecule has 0 saturated carbocycles. The van der Waals surface area contributed by atoms with E-state index in [0.717, 1.165) is 49.4 Å². The van der Waals surface area contributed by atoms with E-state index in [9.17, 15) is 27.9 Å². The molecule has 18 heteroatoms. The average molecular weight is 919 g/mol. The van der Waals surface area contributed by atoms with E-state index in [2.05, 4.69) is 53.2 Å². The minimum Gasteiger partial charge on any atom is -0.508 e. The summed E-state index contributed by atoms with van der Waals surface area (Å²) in [7, 11) is -0.763. The number of phenolic OH excluding ortho intramolecular Hbond substituents is 1. The number of hydrogen-bond acceptors (Lipinski definition) is 10. The number of sulfonamides is 1. The number of fused-ring (bicyclic) bond motifs is 6. The van der Waals surface area contributed by atoms with E-state index in [-0.39, 0.29) is 65.8 Å². The molecule has 4 aromatic rings. The van der Waals surface area contributed by atoms with E-state index in [1.807, 2.05) is 24.4 Å². The maximum absolute atomic E-state index is 14.4. The van der Waals surface area contributed by atoms with E-state index in [1.165, 1.54) is 12.1 Å². The van der Waals surface area contributed by atoms with Gasteiger partial charge in [0.05, 0.1) is 25.2 Å². The number of phenols is 1. The van der Waals surface area contributed by atoms with Crippen LogP contribution in [0, 0.1) is 11.3 Å². The highest BCUT2D eigenvalue weighted by atomic mass is 32.2. The third-order valence-electron chi connectivity index (χ3n) is 11.1. The Morgan fingerprint density at radius 1 is 1.11 bits per heavy atom. The van der Waals surface area contributed by atoms with Gasteiger partial charge in [0.15, 0.2) is 0 Å². The number of cyclic esters (lactones) is 1. The molecule has 336 valence electrons. The number of hydrogen-bond donors (Lipinski definition) is 3. The summed E-state index contributed by atoms with van der Waals surface area (Å²) in [5.41, 5.74) is 9.61. The molecule has 1 fully saturated rings. The molecule has 3 atom stereocenters. The number of nitrogens with zero attached hydrogens (tertiary/aromatic N) is 4. The molecule has 0 spiro atoms. The molecule has 2 aliphatic rings. The van der Waals surface area contributed by atoms with Gasteiger partial charge in [-0.15, -0.1) is 0 Å². The van der Waals surface area contributed by atoms with E-state index in [4.69, 9.17) is 9.47 Å². The van der Waals surface area contributed by atoms with Crippen molar-refractivity contribution in [2.24, 2.45) is 11.3 Å². The Morgan fingerprint density at radius 3 is 2.49 bits per heavy atom. The minimum atomic E-state index is -3.77. The molecule has 3 N–H and O–H groups in total. The minimum absolute atomic E-state index is 0. The van der Waals surface area contributed by atoms with Crippen molar-refractivity contribution in [1.29, 1.82) is 0 Å². The summed E-state index contributed by atoms with van der Waals surface area (Å²) in [5.74, 6) is -2.10. The van der Waals surface area contributed by atoms with Gasteiger partial charge in [-0.1, -0.05) is 39.8 Å². The van der Waals surface area contributed by atoms with Crippen LogP contribution in [0.4, 0.5) is 0 Å². The smallest absolute Gasteiger partial charge is 0.324 e. The quantitative estimate of drug-likeness (QED) is 0.191. The second-order valence-corrected chi connectivity index (χ2v) is 18.7. The van der Waals surface area contributed by atoms with Crippen LogP contribution in [0.5, 0.6) is 5.75 Å². The summed E-state index contributed by atoms with van der Waals surface area (Å²) >= 11 is 0. The number of nitrogens with one attached hydrogen (secondary N) is 2. The Bertz CT molecular complexity index is 2320. The number of hydrazine groups is 1. The molecule has 6 rings (SSSR count). The SMILES string of the molecule is CCn1c(-c2cnccc2COC)c2c3cc(ccc31)-c1cc(O)cc(c1)C[C@H](NC(=O)[C@H](C(C)C)N(C)S(C)(=O)=O)C(=O)N1CCC[C@H](N1)C(=O)OCC(C)(C)C2.S.S.S. The number of rotatable bonds is 9. The van der Waals surface area contributed by atoms with Gasteiger partial charge < -0.3 is 24.5 Å². The molecular weight excluding hydrogens is 857 g/mol. The Kier molecular flexibility index (Phi) is 17.8. The topological polar surface area (TPSA) is 172 Å². The van der Waals surface area contributed by atoms with Crippen molar-refractivity contribution < 1.29 is 37.4 Å². The third-order valence-corrected chi connectivity index (χ3v) is 12.4. The Balaban J connectivity index is 0.00000331. The first-order valence-electron chi connectivity index (χ1n) is 19.8. The van der Waals surface area contributed by atoms with Crippen molar-refractivity contribution in [2.45, 2.75) is 91.6 Å². The summed E-state index contributed by atoms with van der Waals surface area (Å²) in [5, 5.41) is 16.3. The summed E-state index contributed by atoms with van der Waals surface area (Å²) < 4.78 is 40.1. The number of ether oxygens (including phenoxy) is 2. The fourth-order valence-electron chi connectivity index (χ4n) is 8.28. The summed E-state index contributed by atoms with van der Waals surface area (Å²) in [6.07, 6.45) is 6.10. The van der Waals surface area contributed by atoms with Crippen molar-refractivity contribution in [3.05, 3.63) is 71.5 Å². The highest BCUT2D eigenvalue weighted by Crippen LogP contribution is 2.41. The van der Waals surface area contributed by atoms with Crippen LogP contribution in [-0.2, 0) is 59.9 Å². The van der Waals surface area contributed by atoms with E-state index in [0.29, 0.717) is 43.5 Å². The van der Waals surface area contributed by atoms with Crippen LogP contribution in [0.25, 0.3) is 33.3 Å². The largest absolute Gasteiger partial charge is 0.508 e. The van der Waals surface area contributed by atoms with Crippen LogP contribution < -0.4 is 10.7 Å². The van der Waals surface area contributed by atoms with E-state index in [1.54, 1.807) is 39.3 Å². The predicted octanol–water partition coefficient (Wildman–Crippen LogP) is 5.15. The number of benzene rings is 2. The van der Waals surface area contributed by atoms with Gasteiger partial charge in [-0.25, -0.2) is 13.8 Å². The van der Waals surface area contributed by atoms with Crippen molar-refractivity contribution >= 4 is 79.2 Å². The molecule has 0 aliphatic carbocycles. The molecule has 2 aromatic carbocycles. The van der Waals surface area contributed by atoms with E-state index >= 15 is 0 Å². The molecule has 61 heavy (non-hydrogen) atoms. The van der Waals surface area contributed by atoms with Crippen LogP contribution in [0.15, 0.2) is 54.9 Å². The maximum Gasteiger partial charge on any atom is 0.324 e. The standard InChI is InChI=1S/C43H56N6O8S.3H2S/c1-9-48-37-13-12-28-21-32(37)33(39(48)34-23-44-15-14-29(34)24-56-7)22-43(4,5)25-57-42(53)35-11-10-16-49(46-35)41(52)36(19-27-17-30(28)20-31(50)18-27)45-40(51)38(26(2)3)47(6)58(8,54)55;;;/h12-15,17-18,20-21,23,26,35-36,38,46,50H,9-11,16,19,22,24-25H2,1-8H3,(H,45,51);3*1H2/t35-,36-,38-;;;/m0.../s1. The number of likely N-dealkylation sites (N-methyl/N-ethyl adjacent to an activating group) is 1. The monoisotopic (exact) mass is 918 g/mol. The predicted molar refractivity (Wildman–Crippen MR) is 253 cm³/mol. The van der Waals surface area contributed by atoms with Gasteiger partial charge in [0.2, 0.25) is 15.9 Å². The fourth-order valence-corrected chi connectivity index (χ4v) is 9.03. The number of aromatic nitrogens is 2. The highest BCUT2D eigenvalue weighted by molar-refractivity contribution is 7.88. The second-order valence-electron chi connectivity index (χ2n) is 16.7. The third kappa shape index (κ3) is 11.4. The number of esters is 1. The molecule has 2 amide bonds. The van der Waals surface area contributed by atoms with Crippen molar-refractivity contribution in [2.75, 3.05) is 33.6 Å². The zero-order chi connectivity index (χ0) is 42.1. The van der Waals surface area contributed by atoms with Gasteiger partial charge in [0, 0.05) is 67.9 Å². The molecule has 6 bridgehead atoms. The van der Waals surface area contributed by atoms with Crippen LogP contribution in [0.2, 0.25) is 0 Å². The first-order valence-corrected chi connectivity index (χ1v) is 21.7. The Labute approximate surface area is 380 Å². The highest BCUT2D eigenvalue weighted by Gasteiger charge is 2.38. The maximum atomic E-state index is 14.4. The molecule has 2 aliphatic heterocycles. The molecule has 1 saturated heterocycles. The number of amides is 2.